The normalized spacial score (nSPS) is 9.31. The Morgan fingerprint density at radius 2 is 1.94 bits per heavy atom. The number of rotatable bonds is 5. The second kappa shape index (κ2) is 5.65. The van der Waals surface area contributed by atoms with Gasteiger partial charge in [0.2, 0.25) is 5.78 Å². The van der Waals surface area contributed by atoms with Crippen LogP contribution in [-0.4, -0.2) is 18.2 Å². The van der Waals surface area contributed by atoms with Crippen molar-refractivity contribution in [1.29, 1.82) is 0 Å². The molecule has 0 bridgehead atoms. The van der Waals surface area contributed by atoms with E-state index in [2.05, 4.69) is 10.1 Å². The Labute approximate surface area is 92.4 Å². The number of hydrogen-bond donors (Lipinski definition) is 1. The minimum atomic E-state index is -0.617. The summed E-state index contributed by atoms with van der Waals surface area (Å²) in [6, 6.07) is 6.59. The second-order valence-electron chi connectivity index (χ2n) is 3.10. The average molecular weight is 221 g/mol. The van der Waals surface area contributed by atoms with Crippen LogP contribution in [0.1, 0.15) is 12.5 Å². The van der Waals surface area contributed by atoms with E-state index in [0.29, 0.717) is 12.2 Å². The van der Waals surface area contributed by atoms with Crippen molar-refractivity contribution in [3.8, 4) is 5.75 Å². The first-order chi connectivity index (χ1) is 7.63. The molecule has 0 aromatic heterocycles. The van der Waals surface area contributed by atoms with Gasteiger partial charge in [0.25, 0.3) is 12.4 Å². The maximum atomic E-state index is 11.0. The van der Waals surface area contributed by atoms with Gasteiger partial charge in [-0.25, -0.2) is 0 Å². The van der Waals surface area contributed by atoms with Crippen LogP contribution in [0.3, 0.4) is 0 Å². The molecule has 0 aliphatic rings. The summed E-state index contributed by atoms with van der Waals surface area (Å²) < 4.78 is 4.60. The standard InChI is InChI=1S/C11H11NO4/c1-8(14)11(15)12-6-9-2-4-10(5-3-9)16-7-13/h2-5,7H,6H2,1H3,(H,12,15). The van der Waals surface area contributed by atoms with Gasteiger partial charge in [0.15, 0.2) is 0 Å². The van der Waals surface area contributed by atoms with Crippen LogP contribution in [0.5, 0.6) is 5.75 Å². The summed E-state index contributed by atoms with van der Waals surface area (Å²) in [6.45, 7) is 1.81. The highest BCUT2D eigenvalue weighted by atomic mass is 16.5. The fraction of sp³-hybridized carbons (Fsp3) is 0.182. The van der Waals surface area contributed by atoms with Crippen LogP contribution in [0, 0.1) is 0 Å². The van der Waals surface area contributed by atoms with Crippen molar-refractivity contribution in [2.45, 2.75) is 13.5 Å². The smallest absolute Gasteiger partial charge is 0.298 e. The van der Waals surface area contributed by atoms with E-state index in [-0.39, 0.29) is 6.54 Å². The van der Waals surface area contributed by atoms with Gasteiger partial charge >= 0.3 is 0 Å². The van der Waals surface area contributed by atoms with Crippen molar-refractivity contribution in [3.05, 3.63) is 29.8 Å². The molecule has 84 valence electrons. The summed E-state index contributed by atoms with van der Waals surface area (Å²) in [5.41, 5.74) is 0.813. The summed E-state index contributed by atoms with van der Waals surface area (Å²) in [6.07, 6.45) is 0. The molecule has 5 nitrogen and oxygen atoms in total. The number of ether oxygens (including phenoxy) is 1. The quantitative estimate of drug-likeness (QED) is 0.578. The van der Waals surface area contributed by atoms with Gasteiger partial charge in [0.05, 0.1) is 0 Å². The largest absolute Gasteiger partial charge is 0.429 e. The number of carbonyl (C=O) groups excluding carboxylic acids is 3. The Kier molecular flexibility index (Phi) is 4.20. The molecule has 0 saturated carbocycles. The van der Waals surface area contributed by atoms with Gasteiger partial charge in [-0.2, -0.15) is 0 Å². The Morgan fingerprint density at radius 3 is 2.44 bits per heavy atom. The highest BCUT2D eigenvalue weighted by Gasteiger charge is 2.05. The highest BCUT2D eigenvalue weighted by molar-refractivity contribution is 6.35. The van der Waals surface area contributed by atoms with E-state index in [1.165, 1.54) is 6.92 Å². The second-order valence-corrected chi connectivity index (χ2v) is 3.10. The van der Waals surface area contributed by atoms with Gasteiger partial charge in [-0.3, -0.25) is 14.4 Å². The summed E-state index contributed by atoms with van der Waals surface area (Å²) >= 11 is 0. The molecule has 1 aromatic rings. The summed E-state index contributed by atoms with van der Waals surface area (Å²) in [5, 5.41) is 2.45. The average Bonchev–Trinajstić information content (AvgIpc) is 2.28. The molecule has 0 aliphatic heterocycles. The zero-order valence-electron chi connectivity index (χ0n) is 8.73. The predicted octanol–water partition coefficient (Wildman–Crippen LogP) is 0.427. The number of Topliss-reactive ketones (excluding diaryl/α,β-unsaturated/α-hetero) is 1. The van der Waals surface area contributed by atoms with E-state index in [9.17, 15) is 14.4 Å². The van der Waals surface area contributed by atoms with E-state index in [4.69, 9.17) is 0 Å². The first kappa shape index (κ1) is 11.9. The Morgan fingerprint density at radius 1 is 1.31 bits per heavy atom. The van der Waals surface area contributed by atoms with Gasteiger partial charge in [-0.05, 0) is 17.7 Å². The third-order valence-corrected chi connectivity index (χ3v) is 1.88. The zero-order valence-corrected chi connectivity index (χ0v) is 8.73. The lowest BCUT2D eigenvalue weighted by molar-refractivity contribution is -0.136. The van der Waals surface area contributed by atoms with E-state index in [1.807, 2.05) is 0 Å². The van der Waals surface area contributed by atoms with Gasteiger partial charge < -0.3 is 10.1 Å². The fourth-order valence-electron chi connectivity index (χ4n) is 1.05. The molecule has 0 aliphatic carbocycles. The predicted molar refractivity (Wildman–Crippen MR) is 55.7 cm³/mol. The molecule has 1 aromatic carbocycles. The molecule has 1 N–H and O–H groups in total. The van der Waals surface area contributed by atoms with E-state index < -0.39 is 11.7 Å². The van der Waals surface area contributed by atoms with Crippen LogP contribution in [0.4, 0.5) is 0 Å². The number of hydrogen-bond acceptors (Lipinski definition) is 4. The Hall–Kier alpha value is -2.17. The van der Waals surface area contributed by atoms with Crippen molar-refractivity contribution >= 4 is 18.2 Å². The molecular formula is C11H11NO4. The number of benzene rings is 1. The first-order valence-corrected chi connectivity index (χ1v) is 4.61. The number of amides is 1. The van der Waals surface area contributed by atoms with Crippen LogP contribution in [0.15, 0.2) is 24.3 Å². The maximum Gasteiger partial charge on any atom is 0.298 e. The SMILES string of the molecule is CC(=O)C(=O)NCc1ccc(OC=O)cc1. The monoisotopic (exact) mass is 221 g/mol. The van der Waals surface area contributed by atoms with E-state index >= 15 is 0 Å². The molecule has 0 heterocycles. The Bertz CT molecular complexity index is 397. The van der Waals surface area contributed by atoms with E-state index in [1.54, 1.807) is 24.3 Å². The molecule has 0 unspecified atom stereocenters. The molecule has 16 heavy (non-hydrogen) atoms. The molecule has 0 saturated heterocycles. The number of ketones is 1. The summed E-state index contributed by atoms with van der Waals surface area (Å²) in [5.74, 6) is -0.717. The minimum Gasteiger partial charge on any atom is -0.429 e. The number of nitrogens with one attached hydrogen (secondary N) is 1. The topological polar surface area (TPSA) is 72.5 Å². The van der Waals surface area contributed by atoms with Crippen LogP contribution < -0.4 is 10.1 Å². The first-order valence-electron chi connectivity index (χ1n) is 4.61. The lowest BCUT2D eigenvalue weighted by atomic mass is 10.2. The van der Waals surface area contributed by atoms with Crippen molar-refractivity contribution in [2.24, 2.45) is 0 Å². The number of carbonyl (C=O) groups is 3. The molecule has 1 rings (SSSR count). The summed E-state index contributed by atoms with van der Waals surface area (Å²) in [7, 11) is 0. The summed E-state index contributed by atoms with van der Waals surface area (Å²) in [4.78, 5) is 31.6. The van der Waals surface area contributed by atoms with Crippen LogP contribution in [-0.2, 0) is 20.9 Å². The molecule has 5 heteroatoms. The van der Waals surface area contributed by atoms with Gasteiger partial charge in [0.1, 0.15) is 5.75 Å². The van der Waals surface area contributed by atoms with Crippen molar-refractivity contribution in [3.63, 3.8) is 0 Å². The lowest BCUT2D eigenvalue weighted by Gasteiger charge is -2.03. The third kappa shape index (κ3) is 3.53. The lowest BCUT2D eigenvalue weighted by Crippen LogP contribution is -2.28. The van der Waals surface area contributed by atoms with Crippen molar-refractivity contribution in [1.82, 2.24) is 5.32 Å². The van der Waals surface area contributed by atoms with Crippen molar-refractivity contribution in [2.75, 3.05) is 0 Å². The maximum absolute atomic E-state index is 11.0. The highest BCUT2D eigenvalue weighted by Crippen LogP contribution is 2.10. The van der Waals surface area contributed by atoms with Crippen molar-refractivity contribution < 1.29 is 19.1 Å². The molecule has 0 spiro atoms. The zero-order chi connectivity index (χ0) is 12.0. The molecule has 0 radical (unpaired) electrons. The minimum absolute atomic E-state index is 0.264. The molecular weight excluding hydrogens is 210 g/mol. The van der Waals surface area contributed by atoms with Crippen LogP contribution in [0.2, 0.25) is 0 Å². The fourth-order valence-corrected chi connectivity index (χ4v) is 1.05. The van der Waals surface area contributed by atoms with Crippen LogP contribution in [0.25, 0.3) is 0 Å². The Balaban J connectivity index is 2.52. The van der Waals surface area contributed by atoms with E-state index in [0.717, 1.165) is 5.56 Å². The van der Waals surface area contributed by atoms with Gasteiger partial charge in [-0.1, -0.05) is 12.1 Å². The molecule has 0 fully saturated rings. The molecule has 0 atom stereocenters. The van der Waals surface area contributed by atoms with Crippen LogP contribution >= 0.6 is 0 Å². The van der Waals surface area contributed by atoms with Gasteiger partial charge in [-0.15, -0.1) is 0 Å². The van der Waals surface area contributed by atoms with Gasteiger partial charge in [0, 0.05) is 13.5 Å². The third-order valence-electron chi connectivity index (χ3n) is 1.88. The molecule has 1 amide bonds.